The highest BCUT2D eigenvalue weighted by Crippen LogP contribution is 2.21. The molecule has 0 bridgehead atoms. The predicted molar refractivity (Wildman–Crippen MR) is 81.2 cm³/mol. The van der Waals surface area contributed by atoms with Crippen molar-refractivity contribution in [2.24, 2.45) is 0 Å². The Morgan fingerprint density at radius 3 is 2.71 bits per heavy atom. The van der Waals surface area contributed by atoms with Crippen molar-refractivity contribution in [1.29, 1.82) is 0 Å². The zero-order valence-electron chi connectivity index (χ0n) is 12.4. The summed E-state index contributed by atoms with van der Waals surface area (Å²) in [6.45, 7) is 4.87. The molecule has 0 atom stereocenters. The van der Waals surface area contributed by atoms with Gasteiger partial charge in [-0.05, 0) is 19.4 Å². The van der Waals surface area contributed by atoms with Crippen LogP contribution in [0.1, 0.15) is 30.6 Å². The highest BCUT2D eigenvalue weighted by molar-refractivity contribution is 6.07. The average Bonchev–Trinajstić information content (AvgIpc) is 2.84. The van der Waals surface area contributed by atoms with Gasteiger partial charge in [0.15, 0.2) is 0 Å². The summed E-state index contributed by atoms with van der Waals surface area (Å²) >= 11 is 0. The van der Waals surface area contributed by atoms with Crippen LogP contribution in [0.4, 0.5) is 0 Å². The van der Waals surface area contributed by atoms with E-state index in [1.165, 1.54) is 0 Å². The zero-order valence-corrected chi connectivity index (χ0v) is 12.4. The maximum Gasteiger partial charge on any atom is 0.325 e. The number of benzene rings is 1. The summed E-state index contributed by atoms with van der Waals surface area (Å²) < 4.78 is 6.73. The summed E-state index contributed by atoms with van der Waals surface area (Å²) in [7, 11) is 0. The van der Waals surface area contributed by atoms with Gasteiger partial charge < -0.3 is 14.6 Å². The van der Waals surface area contributed by atoms with Crippen LogP contribution < -0.4 is 5.32 Å². The highest BCUT2D eigenvalue weighted by Gasteiger charge is 2.16. The van der Waals surface area contributed by atoms with E-state index in [1.54, 1.807) is 17.7 Å². The summed E-state index contributed by atoms with van der Waals surface area (Å²) in [5, 5.41) is 3.71. The lowest BCUT2D eigenvalue weighted by molar-refractivity contribution is -0.143. The van der Waals surface area contributed by atoms with Crippen molar-refractivity contribution < 1.29 is 14.3 Å². The van der Waals surface area contributed by atoms with Gasteiger partial charge in [-0.15, -0.1) is 0 Å². The van der Waals surface area contributed by atoms with E-state index in [4.69, 9.17) is 4.74 Å². The van der Waals surface area contributed by atoms with Gasteiger partial charge in [0, 0.05) is 23.6 Å². The normalized spacial score (nSPS) is 10.6. The summed E-state index contributed by atoms with van der Waals surface area (Å²) in [6.07, 6.45) is 2.60. The summed E-state index contributed by atoms with van der Waals surface area (Å²) in [4.78, 5) is 23.9. The third kappa shape index (κ3) is 3.42. The quantitative estimate of drug-likeness (QED) is 0.830. The highest BCUT2D eigenvalue weighted by atomic mass is 16.5. The van der Waals surface area contributed by atoms with E-state index < -0.39 is 0 Å². The van der Waals surface area contributed by atoms with Crippen molar-refractivity contribution >= 4 is 22.8 Å². The van der Waals surface area contributed by atoms with Crippen LogP contribution in [0.3, 0.4) is 0 Å². The molecule has 2 aromatic rings. The van der Waals surface area contributed by atoms with Crippen LogP contribution in [-0.2, 0) is 16.1 Å². The second kappa shape index (κ2) is 6.92. The molecule has 1 amide bonds. The Bertz CT molecular complexity index is 646. The molecular weight excluding hydrogens is 268 g/mol. The molecule has 0 unspecified atom stereocenters. The van der Waals surface area contributed by atoms with Crippen LogP contribution in [0.5, 0.6) is 0 Å². The zero-order chi connectivity index (χ0) is 15.2. The molecule has 0 radical (unpaired) electrons. The maximum absolute atomic E-state index is 12.2. The van der Waals surface area contributed by atoms with E-state index in [-0.39, 0.29) is 18.4 Å². The molecule has 1 N–H and O–H groups in total. The third-order valence-corrected chi connectivity index (χ3v) is 3.17. The van der Waals surface area contributed by atoms with Gasteiger partial charge in [0.2, 0.25) is 0 Å². The van der Waals surface area contributed by atoms with E-state index in [2.05, 4.69) is 5.32 Å². The first kappa shape index (κ1) is 15.1. The van der Waals surface area contributed by atoms with Gasteiger partial charge in [0.25, 0.3) is 5.91 Å². The molecule has 0 spiro atoms. The Morgan fingerprint density at radius 2 is 2.00 bits per heavy atom. The molecule has 1 aromatic carbocycles. The number of hydrogen-bond donors (Lipinski definition) is 1. The van der Waals surface area contributed by atoms with Crippen LogP contribution >= 0.6 is 0 Å². The first-order chi connectivity index (χ1) is 10.2. The predicted octanol–water partition coefficient (Wildman–Crippen LogP) is 2.34. The van der Waals surface area contributed by atoms with Gasteiger partial charge in [-0.3, -0.25) is 9.59 Å². The van der Waals surface area contributed by atoms with Crippen LogP contribution in [0.15, 0.2) is 30.5 Å². The molecule has 0 saturated carbocycles. The molecule has 112 valence electrons. The van der Waals surface area contributed by atoms with Crippen molar-refractivity contribution in [1.82, 2.24) is 9.88 Å². The minimum atomic E-state index is -0.307. The summed E-state index contributed by atoms with van der Waals surface area (Å²) in [5.41, 5.74) is 1.44. The van der Waals surface area contributed by atoms with Crippen molar-refractivity contribution in [3.63, 3.8) is 0 Å². The van der Waals surface area contributed by atoms with Gasteiger partial charge in [-0.1, -0.05) is 25.1 Å². The van der Waals surface area contributed by atoms with Crippen LogP contribution in [0, 0.1) is 0 Å². The van der Waals surface area contributed by atoms with Gasteiger partial charge >= 0.3 is 5.97 Å². The number of esters is 1. The minimum Gasteiger partial charge on any atom is -0.465 e. The molecule has 2 rings (SSSR count). The van der Waals surface area contributed by atoms with E-state index in [9.17, 15) is 9.59 Å². The molecule has 1 heterocycles. The largest absolute Gasteiger partial charge is 0.465 e. The van der Waals surface area contributed by atoms with E-state index in [1.807, 2.05) is 31.2 Å². The Kier molecular flexibility index (Phi) is 4.98. The number of hydrogen-bond acceptors (Lipinski definition) is 3. The van der Waals surface area contributed by atoms with Gasteiger partial charge in [0.05, 0.1) is 12.2 Å². The van der Waals surface area contributed by atoms with Crippen molar-refractivity contribution in [3.05, 3.63) is 36.0 Å². The third-order valence-electron chi connectivity index (χ3n) is 3.17. The van der Waals surface area contributed by atoms with E-state index in [0.717, 1.165) is 17.3 Å². The number of carbonyl (C=O) groups is 2. The first-order valence-electron chi connectivity index (χ1n) is 7.19. The molecule has 5 nitrogen and oxygen atoms in total. The van der Waals surface area contributed by atoms with Crippen LogP contribution in [0.2, 0.25) is 0 Å². The molecule has 1 aromatic heterocycles. The Balaban J connectivity index is 2.34. The van der Waals surface area contributed by atoms with Gasteiger partial charge in [0.1, 0.15) is 6.54 Å². The van der Waals surface area contributed by atoms with Crippen molar-refractivity contribution in [3.8, 4) is 0 Å². The number of fused-ring (bicyclic) bond motifs is 1. The molecule has 0 aliphatic rings. The number of ether oxygens (including phenoxy) is 1. The Hall–Kier alpha value is -2.30. The topological polar surface area (TPSA) is 60.3 Å². The smallest absolute Gasteiger partial charge is 0.325 e. The standard InChI is InChI=1S/C16H20N2O3/c1-3-9-17-16(20)13-10-18(11-15(19)21-4-2)14-8-6-5-7-12(13)14/h5-8,10H,3-4,9,11H2,1-2H3,(H,17,20). The number of aromatic nitrogens is 1. The fraction of sp³-hybridized carbons (Fsp3) is 0.375. The molecular formula is C16H20N2O3. The van der Waals surface area contributed by atoms with Gasteiger partial charge in [-0.2, -0.15) is 0 Å². The Labute approximate surface area is 123 Å². The molecule has 0 fully saturated rings. The van der Waals surface area contributed by atoms with Gasteiger partial charge in [-0.25, -0.2) is 0 Å². The fourth-order valence-electron chi connectivity index (χ4n) is 2.24. The van der Waals surface area contributed by atoms with Crippen LogP contribution in [0.25, 0.3) is 10.9 Å². The maximum atomic E-state index is 12.2. The second-order valence-electron chi connectivity index (χ2n) is 4.75. The van der Waals surface area contributed by atoms with Crippen LogP contribution in [-0.4, -0.2) is 29.6 Å². The van der Waals surface area contributed by atoms with Crippen molar-refractivity contribution in [2.75, 3.05) is 13.2 Å². The molecule has 5 heteroatoms. The number of para-hydroxylation sites is 1. The lowest BCUT2D eigenvalue weighted by Crippen LogP contribution is -2.23. The van der Waals surface area contributed by atoms with E-state index in [0.29, 0.717) is 18.7 Å². The molecule has 0 aliphatic heterocycles. The SMILES string of the molecule is CCCNC(=O)c1cn(CC(=O)OCC)c2ccccc12. The monoisotopic (exact) mass is 288 g/mol. The number of nitrogens with zero attached hydrogens (tertiary/aromatic N) is 1. The average molecular weight is 288 g/mol. The van der Waals surface area contributed by atoms with Crippen molar-refractivity contribution in [2.45, 2.75) is 26.8 Å². The number of carbonyl (C=O) groups excluding carboxylic acids is 2. The number of rotatable bonds is 6. The molecule has 0 saturated heterocycles. The fourth-order valence-corrected chi connectivity index (χ4v) is 2.24. The lowest BCUT2D eigenvalue weighted by Gasteiger charge is -2.04. The first-order valence-corrected chi connectivity index (χ1v) is 7.19. The summed E-state index contributed by atoms with van der Waals surface area (Å²) in [6, 6.07) is 7.55. The minimum absolute atomic E-state index is 0.107. The number of amides is 1. The molecule has 21 heavy (non-hydrogen) atoms. The molecule has 0 aliphatic carbocycles. The second-order valence-corrected chi connectivity index (χ2v) is 4.75. The lowest BCUT2D eigenvalue weighted by atomic mass is 10.1. The Morgan fingerprint density at radius 1 is 1.24 bits per heavy atom. The number of nitrogens with one attached hydrogen (secondary N) is 1. The summed E-state index contributed by atoms with van der Waals surface area (Å²) in [5.74, 6) is -0.422. The van der Waals surface area contributed by atoms with E-state index >= 15 is 0 Å².